The van der Waals surface area contributed by atoms with E-state index < -0.39 is 0 Å². The third-order valence-corrected chi connectivity index (χ3v) is 3.10. The first-order valence-electron chi connectivity index (χ1n) is 6.80. The third-order valence-electron chi connectivity index (χ3n) is 3.10. The Kier molecular flexibility index (Phi) is 4.22. The molecule has 1 heterocycles. The second kappa shape index (κ2) is 5.72. The average Bonchev–Trinajstić information content (AvgIpc) is 2.66. The van der Waals surface area contributed by atoms with Gasteiger partial charge in [-0.15, -0.1) is 0 Å². The van der Waals surface area contributed by atoms with Crippen LogP contribution in [0.1, 0.15) is 31.7 Å². The van der Waals surface area contributed by atoms with Crippen LogP contribution in [-0.4, -0.2) is 23.6 Å². The molecule has 19 heavy (non-hydrogen) atoms. The summed E-state index contributed by atoms with van der Waals surface area (Å²) in [6, 6.07) is 6.20. The zero-order valence-electron chi connectivity index (χ0n) is 12.0. The van der Waals surface area contributed by atoms with E-state index in [1.807, 2.05) is 13.0 Å². The Balaban J connectivity index is 1.81. The van der Waals surface area contributed by atoms with Crippen LogP contribution in [0.15, 0.2) is 22.6 Å². The van der Waals surface area contributed by atoms with Gasteiger partial charge in [-0.1, -0.05) is 6.07 Å². The maximum Gasteiger partial charge on any atom is 0.192 e. The fourth-order valence-electron chi connectivity index (χ4n) is 2.01. The molecule has 1 aromatic carbocycles. The summed E-state index contributed by atoms with van der Waals surface area (Å²) in [4.78, 5) is 4.29. The summed E-state index contributed by atoms with van der Waals surface area (Å²) in [6.07, 6.45) is 1.97. The predicted molar refractivity (Wildman–Crippen MR) is 78.2 cm³/mol. The highest BCUT2D eigenvalue weighted by molar-refractivity contribution is 5.73. The largest absolute Gasteiger partial charge is 0.441 e. The van der Waals surface area contributed by atoms with E-state index in [9.17, 15) is 0 Å². The number of aromatic nitrogens is 1. The Labute approximate surface area is 114 Å². The van der Waals surface area contributed by atoms with E-state index in [4.69, 9.17) is 10.2 Å². The van der Waals surface area contributed by atoms with Crippen molar-refractivity contribution in [3.8, 4) is 0 Å². The molecule has 1 aromatic heterocycles. The first kappa shape index (κ1) is 14.0. The van der Waals surface area contributed by atoms with Gasteiger partial charge in [0.05, 0.1) is 0 Å². The van der Waals surface area contributed by atoms with E-state index in [2.05, 4.69) is 36.3 Å². The minimum Gasteiger partial charge on any atom is -0.441 e. The molecular weight excluding hydrogens is 238 g/mol. The fraction of sp³-hybridized carbons (Fsp3) is 0.533. The lowest BCUT2D eigenvalue weighted by molar-refractivity contribution is 0.456. The number of fused-ring (bicyclic) bond motifs is 1. The van der Waals surface area contributed by atoms with Gasteiger partial charge in [-0.3, -0.25) is 0 Å². The number of hydrogen-bond acceptors (Lipinski definition) is 4. The lowest BCUT2D eigenvalue weighted by atomic mass is 10.0. The Hall–Kier alpha value is -1.39. The van der Waals surface area contributed by atoms with E-state index in [1.165, 1.54) is 5.56 Å². The predicted octanol–water partition coefficient (Wildman–Crippen LogP) is 2.40. The topological polar surface area (TPSA) is 64.1 Å². The van der Waals surface area contributed by atoms with Crippen molar-refractivity contribution in [2.24, 2.45) is 5.73 Å². The zero-order chi connectivity index (χ0) is 13.9. The first-order valence-corrected chi connectivity index (χ1v) is 6.80. The third kappa shape index (κ3) is 4.33. The van der Waals surface area contributed by atoms with Crippen LogP contribution in [0.5, 0.6) is 0 Å². The Morgan fingerprint density at radius 2 is 2.11 bits per heavy atom. The van der Waals surface area contributed by atoms with E-state index >= 15 is 0 Å². The fourth-order valence-corrected chi connectivity index (χ4v) is 2.01. The molecule has 0 saturated carbocycles. The molecular formula is C15H23N3O. The molecule has 3 N–H and O–H groups in total. The van der Waals surface area contributed by atoms with Gasteiger partial charge in [0.15, 0.2) is 11.5 Å². The highest BCUT2D eigenvalue weighted by Gasteiger charge is 2.09. The zero-order valence-corrected chi connectivity index (χ0v) is 12.0. The molecule has 4 nitrogen and oxygen atoms in total. The standard InChI is InChI=1S/C15H23N3O/c1-11-18-13-5-4-12(10-14(13)19-11)6-8-17-9-7-15(2,3)16/h4-5,10,17H,6-9,16H2,1-3H3. The van der Waals surface area contributed by atoms with Crippen LogP contribution in [-0.2, 0) is 6.42 Å². The van der Waals surface area contributed by atoms with E-state index in [0.717, 1.165) is 42.9 Å². The Morgan fingerprint density at radius 1 is 1.32 bits per heavy atom. The van der Waals surface area contributed by atoms with Crippen LogP contribution in [0.3, 0.4) is 0 Å². The normalized spacial score (nSPS) is 12.2. The lowest BCUT2D eigenvalue weighted by Gasteiger charge is -2.18. The molecule has 0 unspecified atom stereocenters. The van der Waals surface area contributed by atoms with Crippen LogP contribution in [0.4, 0.5) is 0 Å². The summed E-state index contributed by atoms with van der Waals surface area (Å²) in [5, 5.41) is 3.42. The van der Waals surface area contributed by atoms with Crippen LogP contribution >= 0.6 is 0 Å². The van der Waals surface area contributed by atoms with Crippen molar-refractivity contribution in [3.63, 3.8) is 0 Å². The maximum atomic E-state index is 5.93. The summed E-state index contributed by atoms with van der Waals surface area (Å²) in [6.45, 7) is 7.88. The van der Waals surface area contributed by atoms with Crippen LogP contribution < -0.4 is 11.1 Å². The van der Waals surface area contributed by atoms with Crippen molar-refractivity contribution < 1.29 is 4.42 Å². The SMILES string of the molecule is Cc1nc2ccc(CCNCCC(C)(C)N)cc2o1. The highest BCUT2D eigenvalue weighted by atomic mass is 16.3. The van der Waals surface area contributed by atoms with Gasteiger partial charge in [0.2, 0.25) is 0 Å². The average molecular weight is 261 g/mol. The first-order chi connectivity index (χ1) is 8.94. The number of nitrogens with two attached hydrogens (primary N) is 1. The van der Waals surface area contributed by atoms with Crippen LogP contribution in [0, 0.1) is 6.92 Å². The lowest BCUT2D eigenvalue weighted by Crippen LogP contribution is -2.36. The molecule has 4 heteroatoms. The van der Waals surface area contributed by atoms with E-state index in [-0.39, 0.29) is 5.54 Å². The maximum absolute atomic E-state index is 5.93. The summed E-state index contributed by atoms with van der Waals surface area (Å²) < 4.78 is 5.53. The minimum atomic E-state index is -0.0940. The van der Waals surface area contributed by atoms with Crippen molar-refractivity contribution >= 4 is 11.1 Å². The molecule has 0 atom stereocenters. The second-order valence-corrected chi connectivity index (χ2v) is 5.77. The molecule has 0 aliphatic rings. The number of aryl methyl sites for hydroxylation is 1. The van der Waals surface area contributed by atoms with Crippen molar-refractivity contribution in [2.45, 2.75) is 39.2 Å². The van der Waals surface area contributed by atoms with Crippen molar-refractivity contribution in [3.05, 3.63) is 29.7 Å². The van der Waals surface area contributed by atoms with Gasteiger partial charge in [-0.2, -0.15) is 0 Å². The quantitative estimate of drug-likeness (QED) is 0.784. The van der Waals surface area contributed by atoms with Gasteiger partial charge >= 0.3 is 0 Å². The molecule has 0 radical (unpaired) electrons. The molecule has 0 amide bonds. The van der Waals surface area contributed by atoms with Crippen LogP contribution in [0.25, 0.3) is 11.1 Å². The van der Waals surface area contributed by atoms with Gasteiger partial charge in [0.25, 0.3) is 0 Å². The molecule has 0 aliphatic heterocycles. The molecule has 0 fully saturated rings. The summed E-state index contributed by atoms with van der Waals surface area (Å²) in [7, 11) is 0. The van der Waals surface area contributed by atoms with Crippen LogP contribution in [0.2, 0.25) is 0 Å². The summed E-state index contributed by atoms with van der Waals surface area (Å²) in [5.74, 6) is 0.718. The van der Waals surface area contributed by atoms with Crippen molar-refractivity contribution in [1.29, 1.82) is 0 Å². The summed E-state index contributed by atoms with van der Waals surface area (Å²) >= 11 is 0. The molecule has 0 aliphatic carbocycles. The molecule has 2 aromatic rings. The molecule has 0 spiro atoms. The minimum absolute atomic E-state index is 0.0940. The van der Waals surface area contributed by atoms with Crippen molar-refractivity contribution in [2.75, 3.05) is 13.1 Å². The molecule has 104 valence electrons. The summed E-state index contributed by atoms with van der Waals surface area (Å²) in [5.41, 5.74) is 8.91. The number of rotatable bonds is 6. The smallest absolute Gasteiger partial charge is 0.192 e. The number of nitrogens with one attached hydrogen (secondary N) is 1. The molecule has 0 saturated heterocycles. The molecule has 2 rings (SSSR count). The molecule has 0 bridgehead atoms. The monoisotopic (exact) mass is 261 g/mol. The highest BCUT2D eigenvalue weighted by Crippen LogP contribution is 2.16. The number of nitrogens with zero attached hydrogens (tertiary/aromatic N) is 1. The van der Waals surface area contributed by atoms with Gasteiger partial charge in [-0.05, 0) is 57.5 Å². The number of oxazole rings is 1. The van der Waals surface area contributed by atoms with Gasteiger partial charge < -0.3 is 15.5 Å². The number of hydrogen-bond donors (Lipinski definition) is 2. The van der Waals surface area contributed by atoms with Gasteiger partial charge in [0.1, 0.15) is 5.52 Å². The van der Waals surface area contributed by atoms with E-state index in [1.54, 1.807) is 0 Å². The Bertz CT molecular complexity index is 540. The van der Waals surface area contributed by atoms with Gasteiger partial charge in [0, 0.05) is 12.5 Å². The van der Waals surface area contributed by atoms with Crippen molar-refractivity contribution in [1.82, 2.24) is 10.3 Å². The van der Waals surface area contributed by atoms with Gasteiger partial charge in [-0.25, -0.2) is 4.98 Å². The number of benzene rings is 1. The Morgan fingerprint density at radius 3 is 2.84 bits per heavy atom. The van der Waals surface area contributed by atoms with E-state index in [0.29, 0.717) is 0 Å². The second-order valence-electron chi connectivity index (χ2n) is 5.77.